The molecule has 6 nitrogen and oxygen atoms in total. The molecular weight excluding hydrogens is 380 g/mol. The standard InChI is InChI=1S/C24H20N2O4/c1-29-18-13-11-17(12-14-18)26-22(25-20-8-4-3-7-19(20)24(26)28)15-10-16-6-5-9-21(30-2)23(16)27/h3-15,27H,1-2H3/b15-10+. The van der Waals surface area contributed by atoms with E-state index in [1.807, 2.05) is 12.1 Å². The maximum Gasteiger partial charge on any atom is 0.266 e. The molecule has 1 heterocycles. The van der Waals surface area contributed by atoms with E-state index in [2.05, 4.69) is 4.98 Å². The minimum atomic E-state index is -0.180. The lowest BCUT2D eigenvalue weighted by Gasteiger charge is -2.12. The van der Waals surface area contributed by atoms with E-state index >= 15 is 0 Å². The Labute approximate surface area is 173 Å². The Morgan fingerprint density at radius 1 is 0.900 bits per heavy atom. The molecule has 4 rings (SSSR count). The van der Waals surface area contributed by atoms with Crippen molar-refractivity contribution >= 4 is 23.1 Å². The van der Waals surface area contributed by atoms with Gasteiger partial charge in [-0.2, -0.15) is 0 Å². The third-order valence-electron chi connectivity index (χ3n) is 4.79. The van der Waals surface area contributed by atoms with Gasteiger partial charge in [0.2, 0.25) is 0 Å². The van der Waals surface area contributed by atoms with Gasteiger partial charge in [0, 0.05) is 5.56 Å². The van der Waals surface area contributed by atoms with Crippen molar-refractivity contribution in [1.29, 1.82) is 0 Å². The van der Waals surface area contributed by atoms with Gasteiger partial charge in [-0.1, -0.05) is 24.3 Å². The molecule has 0 aliphatic rings. The number of ether oxygens (including phenoxy) is 2. The van der Waals surface area contributed by atoms with Gasteiger partial charge in [-0.15, -0.1) is 0 Å². The van der Waals surface area contributed by atoms with Crippen LogP contribution in [0.5, 0.6) is 17.2 Å². The Balaban J connectivity index is 1.91. The van der Waals surface area contributed by atoms with Crippen molar-refractivity contribution in [2.45, 2.75) is 0 Å². The summed E-state index contributed by atoms with van der Waals surface area (Å²) in [6, 6.07) is 19.6. The van der Waals surface area contributed by atoms with Gasteiger partial charge in [-0.25, -0.2) is 4.98 Å². The summed E-state index contributed by atoms with van der Waals surface area (Å²) in [4.78, 5) is 17.9. The summed E-state index contributed by atoms with van der Waals surface area (Å²) >= 11 is 0. The molecule has 0 fully saturated rings. The highest BCUT2D eigenvalue weighted by molar-refractivity contribution is 5.80. The number of aromatic hydroxyl groups is 1. The van der Waals surface area contributed by atoms with Crippen molar-refractivity contribution in [2.24, 2.45) is 0 Å². The van der Waals surface area contributed by atoms with Crippen LogP contribution in [-0.2, 0) is 0 Å². The summed E-state index contributed by atoms with van der Waals surface area (Å²) in [7, 11) is 3.09. The largest absolute Gasteiger partial charge is 0.504 e. The van der Waals surface area contributed by atoms with Crippen LogP contribution < -0.4 is 15.0 Å². The van der Waals surface area contributed by atoms with Crippen LogP contribution in [0, 0.1) is 0 Å². The molecule has 1 aromatic heterocycles. The monoisotopic (exact) mass is 400 g/mol. The fourth-order valence-electron chi connectivity index (χ4n) is 3.25. The first-order chi connectivity index (χ1) is 14.6. The van der Waals surface area contributed by atoms with Crippen molar-refractivity contribution in [3.8, 4) is 22.9 Å². The van der Waals surface area contributed by atoms with Gasteiger partial charge in [0.1, 0.15) is 11.6 Å². The van der Waals surface area contributed by atoms with E-state index in [0.29, 0.717) is 39.5 Å². The zero-order valence-corrected chi connectivity index (χ0v) is 16.6. The van der Waals surface area contributed by atoms with E-state index in [4.69, 9.17) is 9.47 Å². The molecule has 1 N–H and O–H groups in total. The molecule has 0 amide bonds. The molecule has 0 unspecified atom stereocenters. The summed E-state index contributed by atoms with van der Waals surface area (Å²) in [6.07, 6.45) is 3.40. The molecule has 150 valence electrons. The molecule has 6 heteroatoms. The highest BCUT2D eigenvalue weighted by Gasteiger charge is 2.12. The highest BCUT2D eigenvalue weighted by atomic mass is 16.5. The van der Waals surface area contributed by atoms with Gasteiger partial charge in [-0.05, 0) is 54.6 Å². The van der Waals surface area contributed by atoms with E-state index < -0.39 is 0 Å². The number of aromatic nitrogens is 2. The molecule has 3 aromatic carbocycles. The van der Waals surface area contributed by atoms with Crippen LogP contribution in [0.25, 0.3) is 28.7 Å². The van der Waals surface area contributed by atoms with E-state index in [1.54, 1.807) is 73.9 Å². The fraction of sp³-hybridized carbons (Fsp3) is 0.0833. The summed E-state index contributed by atoms with van der Waals surface area (Å²) in [5.74, 6) is 1.52. The molecule has 0 atom stereocenters. The van der Waals surface area contributed by atoms with Gasteiger partial charge in [0.15, 0.2) is 11.5 Å². The number of hydrogen-bond acceptors (Lipinski definition) is 5. The minimum absolute atomic E-state index is 0.0235. The third kappa shape index (κ3) is 3.51. The maximum atomic E-state index is 13.3. The number of phenolic OH excluding ortho intramolecular Hbond substituents is 1. The lowest BCUT2D eigenvalue weighted by molar-refractivity contribution is 0.373. The Morgan fingerprint density at radius 2 is 1.67 bits per heavy atom. The second kappa shape index (κ2) is 8.13. The maximum absolute atomic E-state index is 13.3. The average molecular weight is 400 g/mol. The zero-order valence-electron chi connectivity index (χ0n) is 16.6. The smallest absolute Gasteiger partial charge is 0.266 e. The predicted molar refractivity (Wildman–Crippen MR) is 117 cm³/mol. The number of para-hydroxylation sites is 2. The number of hydrogen-bond donors (Lipinski definition) is 1. The number of rotatable bonds is 5. The Morgan fingerprint density at radius 3 is 2.40 bits per heavy atom. The Kier molecular flexibility index (Phi) is 5.22. The van der Waals surface area contributed by atoms with Crippen LogP contribution in [0.2, 0.25) is 0 Å². The summed E-state index contributed by atoms with van der Waals surface area (Å²) in [5.41, 5.74) is 1.63. The van der Waals surface area contributed by atoms with Crippen LogP contribution >= 0.6 is 0 Å². The van der Waals surface area contributed by atoms with E-state index in [9.17, 15) is 9.90 Å². The van der Waals surface area contributed by atoms with Crippen molar-refractivity contribution in [3.05, 3.63) is 88.5 Å². The first-order valence-electron chi connectivity index (χ1n) is 9.32. The van der Waals surface area contributed by atoms with Crippen molar-refractivity contribution in [3.63, 3.8) is 0 Å². The molecule has 0 radical (unpaired) electrons. The van der Waals surface area contributed by atoms with E-state index in [0.717, 1.165) is 0 Å². The SMILES string of the molecule is COc1ccc(-n2c(/C=C/c3cccc(OC)c3O)nc3ccccc3c2=O)cc1. The molecule has 4 aromatic rings. The lowest BCUT2D eigenvalue weighted by Crippen LogP contribution is -2.22. The topological polar surface area (TPSA) is 73.6 Å². The average Bonchev–Trinajstić information content (AvgIpc) is 2.79. The minimum Gasteiger partial charge on any atom is -0.504 e. The second-order valence-corrected chi connectivity index (χ2v) is 6.56. The van der Waals surface area contributed by atoms with Crippen LogP contribution in [-0.4, -0.2) is 28.9 Å². The van der Waals surface area contributed by atoms with Gasteiger partial charge in [0.25, 0.3) is 5.56 Å². The van der Waals surface area contributed by atoms with Crippen molar-refractivity contribution in [1.82, 2.24) is 9.55 Å². The van der Waals surface area contributed by atoms with Crippen LogP contribution in [0.4, 0.5) is 0 Å². The zero-order chi connectivity index (χ0) is 21.1. The molecule has 0 aliphatic heterocycles. The number of benzene rings is 3. The molecular formula is C24H20N2O4. The summed E-state index contributed by atoms with van der Waals surface area (Å²) in [6.45, 7) is 0. The lowest BCUT2D eigenvalue weighted by atomic mass is 10.1. The highest BCUT2D eigenvalue weighted by Crippen LogP contribution is 2.30. The fourth-order valence-corrected chi connectivity index (χ4v) is 3.25. The molecule has 0 spiro atoms. The molecule has 0 bridgehead atoms. The van der Waals surface area contributed by atoms with Gasteiger partial charge >= 0.3 is 0 Å². The van der Waals surface area contributed by atoms with Gasteiger partial charge < -0.3 is 14.6 Å². The normalized spacial score (nSPS) is 11.1. The van der Waals surface area contributed by atoms with Crippen LogP contribution in [0.1, 0.15) is 11.4 Å². The van der Waals surface area contributed by atoms with E-state index in [1.165, 1.54) is 11.7 Å². The first kappa shape index (κ1) is 19.3. The van der Waals surface area contributed by atoms with Crippen LogP contribution in [0.3, 0.4) is 0 Å². The first-order valence-corrected chi connectivity index (χ1v) is 9.32. The molecule has 0 saturated carbocycles. The number of nitrogens with zero attached hydrogens (tertiary/aromatic N) is 2. The predicted octanol–water partition coefficient (Wildman–Crippen LogP) is 4.28. The second-order valence-electron chi connectivity index (χ2n) is 6.56. The van der Waals surface area contributed by atoms with Crippen LogP contribution in [0.15, 0.2) is 71.5 Å². The molecule has 0 saturated heterocycles. The van der Waals surface area contributed by atoms with E-state index in [-0.39, 0.29) is 11.3 Å². The Hall–Kier alpha value is -4.06. The molecule has 30 heavy (non-hydrogen) atoms. The quantitative estimate of drug-likeness (QED) is 0.541. The summed E-state index contributed by atoms with van der Waals surface area (Å²) in [5, 5.41) is 10.9. The number of methoxy groups -OCH3 is 2. The number of fused-ring (bicyclic) bond motifs is 1. The van der Waals surface area contributed by atoms with Crippen molar-refractivity contribution < 1.29 is 14.6 Å². The number of phenols is 1. The Bertz CT molecular complexity index is 1290. The van der Waals surface area contributed by atoms with Gasteiger partial charge in [0.05, 0.1) is 30.8 Å². The van der Waals surface area contributed by atoms with Gasteiger partial charge in [-0.3, -0.25) is 9.36 Å². The molecule has 0 aliphatic carbocycles. The summed E-state index contributed by atoms with van der Waals surface area (Å²) < 4.78 is 11.9. The van der Waals surface area contributed by atoms with Crippen molar-refractivity contribution in [2.75, 3.05) is 14.2 Å². The third-order valence-corrected chi connectivity index (χ3v) is 4.79.